The van der Waals surface area contributed by atoms with Crippen LogP contribution in [0, 0.1) is 0 Å². The van der Waals surface area contributed by atoms with E-state index in [-0.39, 0.29) is 11.0 Å². The van der Waals surface area contributed by atoms with Gasteiger partial charge in [0, 0.05) is 7.05 Å². The molecule has 0 aliphatic rings. The second-order valence-electron chi connectivity index (χ2n) is 5.29. The average molecular weight is 333 g/mol. The van der Waals surface area contributed by atoms with Gasteiger partial charge < -0.3 is 4.74 Å². The molecule has 23 heavy (non-hydrogen) atoms. The molecule has 0 heterocycles. The molecule has 2 rings (SSSR count). The van der Waals surface area contributed by atoms with Crippen LogP contribution in [-0.4, -0.2) is 27.5 Å². The van der Waals surface area contributed by atoms with E-state index in [0.29, 0.717) is 11.3 Å². The van der Waals surface area contributed by atoms with Gasteiger partial charge >= 0.3 is 5.97 Å². The predicted molar refractivity (Wildman–Crippen MR) is 89.0 cm³/mol. The Bertz CT molecular complexity index is 768. The summed E-state index contributed by atoms with van der Waals surface area (Å²) in [4.78, 5) is 11.9. The Balaban J connectivity index is 2.26. The van der Waals surface area contributed by atoms with Gasteiger partial charge in [0.15, 0.2) is 0 Å². The molecule has 0 unspecified atom stereocenters. The molecule has 0 saturated heterocycles. The van der Waals surface area contributed by atoms with Gasteiger partial charge in [-0.25, -0.2) is 13.2 Å². The zero-order valence-corrected chi connectivity index (χ0v) is 14.1. The van der Waals surface area contributed by atoms with Crippen molar-refractivity contribution in [3.8, 4) is 0 Å². The maximum atomic E-state index is 12.6. The number of sulfonamides is 1. The summed E-state index contributed by atoms with van der Waals surface area (Å²) in [5.74, 6) is -0.472. The van der Waals surface area contributed by atoms with Gasteiger partial charge in [-0.2, -0.15) is 0 Å². The number of para-hydroxylation sites is 1. The van der Waals surface area contributed by atoms with Gasteiger partial charge in [-0.3, -0.25) is 4.31 Å². The Morgan fingerprint density at radius 2 is 1.57 bits per heavy atom. The average Bonchev–Trinajstić information content (AvgIpc) is 2.54. The molecule has 122 valence electrons. The summed E-state index contributed by atoms with van der Waals surface area (Å²) >= 11 is 0. The van der Waals surface area contributed by atoms with Crippen LogP contribution in [0.3, 0.4) is 0 Å². The fourth-order valence-electron chi connectivity index (χ4n) is 1.98. The standard InChI is InChI=1S/C17H19NO4S/c1-13(2)22-17(19)14-9-11-16(12-10-14)23(20,21)18(3)15-7-5-4-6-8-15/h4-13H,1-3H3. The Hall–Kier alpha value is -2.34. The Morgan fingerprint density at radius 1 is 1.00 bits per heavy atom. The van der Waals surface area contributed by atoms with Crippen molar-refractivity contribution in [3.63, 3.8) is 0 Å². The lowest BCUT2D eigenvalue weighted by Crippen LogP contribution is -2.26. The molecular formula is C17H19NO4S. The molecule has 0 amide bonds. The summed E-state index contributed by atoms with van der Waals surface area (Å²) in [7, 11) is -2.18. The third-order valence-electron chi connectivity index (χ3n) is 3.21. The van der Waals surface area contributed by atoms with E-state index in [1.54, 1.807) is 38.1 Å². The maximum Gasteiger partial charge on any atom is 0.338 e. The number of anilines is 1. The minimum absolute atomic E-state index is 0.116. The monoisotopic (exact) mass is 333 g/mol. The minimum atomic E-state index is -3.68. The minimum Gasteiger partial charge on any atom is -0.459 e. The predicted octanol–water partition coefficient (Wildman–Crippen LogP) is 3.08. The molecule has 0 spiro atoms. The highest BCUT2D eigenvalue weighted by molar-refractivity contribution is 7.92. The highest BCUT2D eigenvalue weighted by Gasteiger charge is 2.21. The van der Waals surface area contributed by atoms with Gasteiger partial charge in [-0.15, -0.1) is 0 Å². The molecule has 0 N–H and O–H groups in total. The summed E-state index contributed by atoms with van der Waals surface area (Å²) in [6.07, 6.45) is -0.227. The third-order valence-corrected chi connectivity index (χ3v) is 5.01. The molecule has 0 saturated carbocycles. The van der Waals surface area contributed by atoms with Gasteiger partial charge in [0.1, 0.15) is 0 Å². The van der Waals surface area contributed by atoms with Crippen molar-refractivity contribution < 1.29 is 17.9 Å². The van der Waals surface area contributed by atoms with Crippen LogP contribution in [0.5, 0.6) is 0 Å². The zero-order chi connectivity index (χ0) is 17.0. The van der Waals surface area contributed by atoms with Crippen LogP contribution in [-0.2, 0) is 14.8 Å². The van der Waals surface area contributed by atoms with E-state index in [1.807, 2.05) is 6.07 Å². The van der Waals surface area contributed by atoms with Crippen LogP contribution in [0.15, 0.2) is 59.5 Å². The number of hydrogen-bond donors (Lipinski definition) is 0. The Kier molecular flexibility index (Phi) is 5.05. The third kappa shape index (κ3) is 3.90. The fourth-order valence-corrected chi connectivity index (χ4v) is 3.18. The molecule has 0 aromatic heterocycles. The van der Waals surface area contributed by atoms with Crippen LogP contribution in [0.2, 0.25) is 0 Å². The molecule has 0 bridgehead atoms. The van der Waals surface area contributed by atoms with Crippen LogP contribution in [0.1, 0.15) is 24.2 Å². The first-order valence-electron chi connectivity index (χ1n) is 7.17. The lowest BCUT2D eigenvalue weighted by atomic mass is 10.2. The highest BCUT2D eigenvalue weighted by atomic mass is 32.2. The molecule has 0 aliphatic heterocycles. The normalized spacial score (nSPS) is 11.3. The van der Waals surface area contributed by atoms with E-state index in [0.717, 1.165) is 0 Å². The van der Waals surface area contributed by atoms with E-state index >= 15 is 0 Å². The number of rotatable bonds is 5. The van der Waals surface area contributed by atoms with Crippen molar-refractivity contribution in [2.24, 2.45) is 0 Å². The second-order valence-corrected chi connectivity index (χ2v) is 7.26. The van der Waals surface area contributed by atoms with Gasteiger partial charge in [0.05, 0.1) is 22.3 Å². The van der Waals surface area contributed by atoms with E-state index in [9.17, 15) is 13.2 Å². The van der Waals surface area contributed by atoms with Crippen molar-refractivity contribution in [3.05, 3.63) is 60.2 Å². The second kappa shape index (κ2) is 6.83. The van der Waals surface area contributed by atoms with Crippen molar-refractivity contribution in [2.75, 3.05) is 11.4 Å². The number of nitrogens with zero attached hydrogens (tertiary/aromatic N) is 1. The molecular weight excluding hydrogens is 314 g/mol. The smallest absolute Gasteiger partial charge is 0.338 e. The van der Waals surface area contributed by atoms with Gasteiger partial charge in [-0.1, -0.05) is 18.2 Å². The first-order valence-corrected chi connectivity index (χ1v) is 8.61. The molecule has 0 aliphatic carbocycles. The number of ether oxygens (including phenoxy) is 1. The van der Waals surface area contributed by atoms with Crippen molar-refractivity contribution in [1.82, 2.24) is 0 Å². The summed E-state index contributed by atoms with van der Waals surface area (Å²) in [5, 5.41) is 0. The highest BCUT2D eigenvalue weighted by Crippen LogP contribution is 2.22. The first-order chi connectivity index (χ1) is 10.8. The summed E-state index contributed by atoms with van der Waals surface area (Å²) in [6, 6.07) is 14.5. The first kappa shape index (κ1) is 17.0. The van der Waals surface area contributed by atoms with E-state index in [1.165, 1.54) is 35.6 Å². The van der Waals surface area contributed by atoms with Gasteiger partial charge in [0.25, 0.3) is 10.0 Å². The van der Waals surface area contributed by atoms with Crippen LogP contribution < -0.4 is 4.31 Å². The molecule has 0 radical (unpaired) electrons. The van der Waals surface area contributed by atoms with Crippen LogP contribution in [0.4, 0.5) is 5.69 Å². The van der Waals surface area contributed by atoms with Crippen molar-refractivity contribution in [2.45, 2.75) is 24.8 Å². The van der Waals surface area contributed by atoms with Crippen LogP contribution >= 0.6 is 0 Å². The number of benzene rings is 2. The van der Waals surface area contributed by atoms with E-state index in [2.05, 4.69) is 0 Å². The molecule has 2 aromatic rings. The molecule has 0 fully saturated rings. The van der Waals surface area contributed by atoms with Gasteiger partial charge in [-0.05, 0) is 50.2 Å². The summed E-state index contributed by atoms with van der Waals surface area (Å²) < 4.78 is 31.5. The molecule has 6 heteroatoms. The summed E-state index contributed by atoms with van der Waals surface area (Å²) in [6.45, 7) is 3.51. The zero-order valence-electron chi connectivity index (χ0n) is 13.3. The molecule has 5 nitrogen and oxygen atoms in total. The summed E-state index contributed by atoms with van der Waals surface area (Å²) in [5.41, 5.74) is 0.885. The number of carbonyl (C=O) groups is 1. The maximum absolute atomic E-state index is 12.6. The van der Waals surface area contributed by atoms with Crippen LogP contribution in [0.25, 0.3) is 0 Å². The lowest BCUT2D eigenvalue weighted by molar-refractivity contribution is 0.0378. The Morgan fingerprint density at radius 3 is 2.09 bits per heavy atom. The number of esters is 1. The number of carbonyl (C=O) groups excluding carboxylic acids is 1. The SMILES string of the molecule is CC(C)OC(=O)c1ccc(S(=O)(=O)N(C)c2ccccc2)cc1. The van der Waals surface area contributed by atoms with Crippen molar-refractivity contribution >= 4 is 21.7 Å². The quantitative estimate of drug-likeness (QED) is 0.789. The molecule has 2 aromatic carbocycles. The topological polar surface area (TPSA) is 63.7 Å². The van der Waals surface area contributed by atoms with Gasteiger partial charge in [0.2, 0.25) is 0 Å². The number of hydrogen-bond acceptors (Lipinski definition) is 4. The van der Waals surface area contributed by atoms with Crippen molar-refractivity contribution in [1.29, 1.82) is 0 Å². The van der Waals surface area contributed by atoms with E-state index < -0.39 is 16.0 Å². The fraction of sp³-hybridized carbons (Fsp3) is 0.235. The Labute approximate surface area is 136 Å². The lowest BCUT2D eigenvalue weighted by Gasteiger charge is -2.19. The molecule has 0 atom stereocenters. The largest absolute Gasteiger partial charge is 0.459 e. The van der Waals surface area contributed by atoms with E-state index in [4.69, 9.17) is 4.74 Å².